The number of rotatable bonds is 11. The van der Waals surface area contributed by atoms with Gasteiger partial charge in [0.2, 0.25) is 0 Å². The maximum Gasteiger partial charge on any atom is 0.472 e. The van der Waals surface area contributed by atoms with E-state index in [0.29, 0.717) is 17.9 Å². The number of hydrogen-bond acceptors (Lipinski definition) is 4. The molecule has 9 heteroatoms. The number of carbonyl (C=O) groups is 2. The van der Waals surface area contributed by atoms with Gasteiger partial charge >= 0.3 is 12.1 Å². The summed E-state index contributed by atoms with van der Waals surface area (Å²) in [4.78, 5) is 24.0. The Balaban J connectivity index is 2.17. The number of nitrogens with one attached hydrogen (secondary N) is 3. The Bertz CT molecular complexity index is 1080. The number of benzene rings is 2. The zero-order valence-corrected chi connectivity index (χ0v) is 22.6. The van der Waals surface area contributed by atoms with Crippen LogP contribution in [-0.2, 0) is 20.4 Å². The third-order valence-corrected chi connectivity index (χ3v) is 6.92. The number of hydrogen-bond donors (Lipinski definition) is 3. The van der Waals surface area contributed by atoms with Crippen LogP contribution in [-0.4, -0.2) is 24.1 Å². The zero-order chi connectivity index (χ0) is 28.0. The monoisotopic (exact) mass is 521 g/mol. The van der Waals surface area contributed by atoms with Gasteiger partial charge in [-0.15, -0.1) is 0 Å². The first-order valence-corrected chi connectivity index (χ1v) is 12.5. The third-order valence-electron chi connectivity index (χ3n) is 6.92. The van der Waals surface area contributed by atoms with Crippen molar-refractivity contribution in [3.63, 3.8) is 0 Å². The Morgan fingerprint density at radius 2 is 1.43 bits per heavy atom. The average Bonchev–Trinajstić information content (AvgIpc) is 2.85. The Kier molecular flexibility index (Phi) is 9.63. The maximum absolute atomic E-state index is 13.0. The summed E-state index contributed by atoms with van der Waals surface area (Å²) in [6.45, 7) is 14.9. The summed E-state index contributed by atoms with van der Waals surface area (Å²) >= 11 is 0. The highest BCUT2D eigenvalue weighted by Crippen LogP contribution is 2.39. The van der Waals surface area contributed by atoms with E-state index >= 15 is 0 Å². The van der Waals surface area contributed by atoms with Crippen LogP contribution in [0.1, 0.15) is 78.9 Å². The van der Waals surface area contributed by atoms with Crippen molar-refractivity contribution in [3.8, 4) is 5.75 Å². The van der Waals surface area contributed by atoms with Gasteiger partial charge in [0.1, 0.15) is 5.75 Å². The van der Waals surface area contributed by atoms with Crippen LogP contribution in [0.3, 0.4) is 0 Å². The SMILES string of the molecule is CCC(Oc1ccc(C(C)(C)CC)cc1C(C)(C)CC)C(=O)Nc1ccc(NNC(=O)C(F)(F)F)cc1. The van der Waals surface area contributed by atoms with Crippen molar-refractivity contribution in [1.82, 2.24) is 5.43 Å². The van der Waals surface area contributed by atoms with Gasteiger partial charge in [-0.05, 0) is 66.0 Å². The topological polar surface area (TPSA) is 79.5 Å². The minimum absolute atomic E-state index is 0.00913. The molecule has 0 radical (unpaired) electrons. The molecule has 37 heavy (non-hydrogen) atoms. The van der Waals surface area contributed by atoms with Crippen molar-refractivity contribution in [2.24, 2.45) is 0 Å². The fraction of sp³-hybridized carbons (Fsp3) is 0.500. The number of halogens is 3. The van der Waals surface area contributed by atoms with Crippen LogP contribution in [0, 0.1) is 0 Å². The smallest absolute Gasteiger partial charge is 0.472 e. The van der Waals surface area contributed by atoms with Crippen LogP contribution in [0.4, 0.5) is 24.5 Å². The Morgan fingerprint density at radius 1 is 0.865 bits per heavy atom. The summed E-state index contributed by atoms with van der Waals surface area (Å²) in [5, 5.41) is 2.79. The van der Waals surface area contributed by atoms with Gasteiger partial charge in [0.15, 0.2) is 6.10 Å². The highest BCUT2D eigenvalue weighted by molar-refractivity contribution is 5.94. The van der Waals surface area contributed by atoms with Crippen molar-refractivity contribution in [2.75, 3.05) is 10.7 Å². The molecule has 2 aromatic rings. The van der Waals surface area contributed by atoms with E-state index in [-0.39, 0.29) is 22.4 Å². The third kappa shape index (κ3) is 7.87. The molecule has 204 valence electrons. The molecule has 0 aliphatic heterocycles. The van der Waals surface area contributed by atoms with Gasteiger partial charge in [-0.3, -0.25) is 20.4 Å². The molecule has 2 rings (SSSR count). The molecule has 0 aliphatic carbocycles. The minimum Gasteiger partial charge on any atom is -0.480 e. The van der Waals surface area contributed by atoms with Crippen molar-refractivity contribution >= 4 is 23.2 Å². The standard InChI is InChI=1S/C28H38F3N3O3/c1-8-22(24(35)32-19-12-14-20(15-13-19)33-34-25(36)28(29,30)31)37-23-16-11-18(26(4,5)9-2)17-21(23)27(6,7)10-3/h11-17,22,33H,8-10H2,1-7H3,(H,32,35)(H,34,36). The Hall–Kier alpha value is -3.23. The van der Waals surface area contributed by atoms with Gasteiger partial charge in [0, 0.05) is 11.3 Å². The maximum atomic E-state index is 13.0. The lowest BCUT2D eigenvalue weighted by atomic mass is 9.76. The predicted molar refractivity (Wildman–Crippen MR) is 141 cm³/mol. The summed E-state index contributed by atoms with van der Waals surface area (Å²) in [5.74, 6) is -1.78. The predicted octanol–water partition coefficient (Wildman–Crippen LogP) is 6.86. The molecule has 2 amide bonds. The van der Waals surface area contributed by atoms with E-state index in [1.807, 2.05) is 13.0 Å². The number of ether oxygens (including phenoxy) is 1. The number of carbonyl (C=O) groups excluding carboxylic acids is 2. The van der Waals surface area contributed by atoms with Crippen LogP contribution in [0.2, 0.25) is 0 Å². The summed E-state index contributed by atoms with van der Waals surface area (Å²) in [6.07, 6.45) is -3.42. The lowest BCUT2D eigenvalue weighted by Crippen LogP contribution is -2.40. The number of anilines is 2. The van der Waals surface area contributed by atoms with E-state index < -0.39 is 18.2 Å². The van der Waals surface area contributed by atoms with Crippen LogP contribution < -0.4 is 20.9 Å². The van der Waals surface area contributed by atoms with Crippen molar-refractivity contribution in [2.45, 2.75) is 90.8 Å². The quantitative estimate of drug-likeness (QED) is 0.282. The summed E-state index contributed by atoms with van der Waals surface area (Å²) < 4.78 is 43.2. The second-order valence-corrected chi connectivity index (χ2v) is 10.3. The molecule has 0 spiro atoms. The molecular formula is C28H38F3N3O3. The molecule has 1 unspecified atom stereocenters. The summed E-state index contributed by atoms with van der Waals surface area (Å²) in [5.41, 5.74) is 6.54. The number of hydrazine groups is 1. The van der Waals surface area contributed by atoms with Crippen molar-refractivity contribution < 1.29 is 27.5 Å². The van der Waals surface area contributed by atoms with Gasteiger partial charge in [0.25, 0.3) is 5.91 Å². The molecule has 0 bridgehead atoms. The van der Waals surface area contributed by atoms with E-state index in [9.17, 15) is 22.8 Å². The van der Waals surface area contributed by atoms with Gasteiger partial charge in [-0.1, -0.05) is 60.6 Å². The largest absolute Gasteiger partial charge is 0.480 e. The average molecular weight is 522 g/mol. The molecular weight excluding hydrogens is 483 g/mol. The molecule has 0 heterocycles. The zero-order valence-electron chi connectivity index (χ0n) is 22.6. The molecule has 0 aromatic heterocycles. The molecule has 0 saturated heterocycles. The van der Waals surface area contributed by atoms with Gasteiger partial charge < -0.3 is 10.1 Å². The highest BCUT2D eigenvalue weighted by Gasteiger charge is 2.38. The van der Waals surface area contributed by atoms with E-state index in [1.165, 1.54) is 29.8 Å². The normalized spacial score (nSPS) is 13.0. The Morgan fingerprint density at radius 3 is 1.95 bits per heavy atom. The number of amides is 2. The Labute approximate surface area is 217 Å². The van der Waals surface area contributed by atoms with Crippen molar-refractivity contribution in [3.05, 3.63) is 53.6 Å². The molecule has 6 nitrogen and oxygen atoms in total. The van der Waals surface area contributed by atoms with Crippen molar-refractivity contribution in [1.29, 1.82) is 0 Å². The minimum atomic E-state index is -4.99. The fourth-order valence-electron chi connectivity index (χ4n) is 3.51. The second-order valence-electron chi connectivity index (χ2n) is 10.3. The molecule has 3 N–H and O–H groups in total. The van der Waals surface area contributed by atoms with E-state index in [0.717, 1.165) is 18.4 Å². The summed E-state index contributed by atoms with van der Waals surface area (Å²) in [6, 6.07) is 12.1. The second kappa shape index (κ2) is 11.9. The summed E-state index contributed by atoms with van der Waals surface area (Å²) in [7, 11) is 0. The van der Waals surface area contributed by atoms with E-state index in [1.54, 1.807) is 5.43 Å². The highest BCUT2D eigenvalue weighted by atomic mass is 19.4. The van der Waals surface area contributed by atoms with Gasteiger partial charge in [-0.2, -0.15) is 13.2 Å². The first-order valence-electron chi connectivity index (χ1n) is 12.5. The molecule has 0 saturated carbocycles. The first kappa shape index (κ1) is 30.0. The molecule has 1 atom stereocenters. The molecule has 0 aliphatic rings. The number of alkyl halides is 3. The van der Waals surface area contributed by atoms with Gasteiger partial charge in [-0.25, -0.2) is 0 Å². The van der Waals surface area contributed by atoms with Gasteiger partial charge in [0.05, 0.1) is 5.69 Å². The van der Waals surface area contributed by atoms with Crippen LogP contribution >= 0.6 is 0 Å². The fourth-order valence-corrected chi connectivity index (χ4v) is 3.51. The van der Waals surface area contributed by atoms with E-state index in [2.05, 4.69) is 64.4 Å². The molecule has 2 aromatic carbocycles. The first-order chi connectivity index (χ1) is 17.1. The van der Waals surface area contributed by atoms with E-state index in [4.69, 9.17) is 4.74 Å². The van der Waals surface area contributed by atoms with Crippen LogP contribution in [0.5, 0.6) is 5.75 Å². The molecule has 0 fully saturated rings. The lowest BCUT2D eigenvalue weighted by molar-refractivity contribution is -0.173. The van der Waals surface area contributed by atoms with Crippen LogP contribution in [0.25, 0.3) is 0 Å². The lowest BCUT2D eigenvalue weighted by Gasteiger charge is -2.31. The van der Waals surface area contributed by atoms with Crippen LogP contribution in [0.15, 0.2) is 42.5 Å².